The summed E-state index contributed by atoms with van der Waals surface area (Å²) < 4.78 is 1.16. The van der Waals surface area contributed by atoms with E-state index in [1.807, 2.05) is 6.07 Å². The van der Waals surface area contributed by atoms with Crippen LogP contribution >= 0.6 is 28.3 Å². The van der Waals surface area contributed by atoms with Gasteiger partial charge in [0, 0.05) is 16.4 Å². The van der Waals surface area contributed by atoms with E-state index in [0.717, 1.165) is 43.0 Å². The van der Waals surface area contributed by atoms with E-state index in [-0.39, 0.29) is 36.3 Å². The van der Waals surface area contributed by atoms with Crippen molar-refractivity contribution in [2.75, 3.05) is 0 Å². The summed E-state index contributed by atoms with van der Waals surface area (Å²) >= 11 is 3.60. The highest BCUT2D eigenvalue weighted by Crippen LogP contribution is 2.36. The third kappa shape index (κ3) is 3.61. The summed E-state index contributed by atoms with van der Waals surface area (Å²) in [5.74, 6) is 0.299. The summed E-state index contributed by atoms with van der Waals surface area (Å²) in [6, 6.07) is 6.62. The molecule has 0 saturated heterocycles. The van der Waals surface area contributed by atoms with Gasteiger partial charge in [-0.15, -0.1) is 12.4 Å². The Morgan fingerprint density at radius 1 is 1.29 bits per heavy atom. The molecule has 0 heterocycles. The van der Waals surface area contributed by atoms with Crippen LogP contribution in [0.25, 0.3) is 0 Å². The molecule has 1 saturated carbocycles. The standard InChI is InChI=1S/C16H21BrN2O.ClH/c17-14-6-2-5-13-12(14)7-8-15(13)19-16(20)10-3-1-4-11(18)9-10;/h2,5-6,10-11,15H,1,3-4,7-9,18H2,(H,19,20);1H. The Morgan fingerprint density at radius 3 is 2.86 bits per heavy atom. The van der Waals surface area contributed by atoms with Crippen molar-refractivity contribution in [3.05, 3.63) is 33.8 Å². The van der Waals surface area contributed by atoms with E-state index >= 15 is 0 Å². The molecular weight excluding hydrogens is 352 g/mol. The zero-order chi connectivity index (χ0) is 14.1. The minimum atomic E-state index is 0. The normalized spacial score (nSPS) is 27.6. The molecule has 21 heavy (non-hydrogen) atoms. The van der Waals surface area contributed by atoms with Crippen LogP contribution in [-0.4, -0.2) is 11.9 Å². The van der Waals surface area contributed by atoms with Crippen molar-refractivity contribution in [1.29, 1.82) is 0 Å². The monoisotopic (exact) mass is 372 g/mol. The van der Waals surface area contributed by atoms with E-state index in [1.165, 1.54) is 11.1 Å². The minimum absolute atomic E-state index is 0. The number of halogens is 2. The second-order valence-electron chi connectivity index (χ2n) is 6.03. The summed E-state index contributed by atoms with van der Waals surface area (Å²) in [7, 11) is 0. The highest BCUT2D eigenvalue weighted by Gasteiger charge is 2.30. The van der Waals surface area contributed by atoms with Crippen LogP contribution in [0.5, 0.6) is 0 Å². The topological polar surface area (TPSA) is 55.1 Å². The van der Waals surface area contributed by atoms with Gasteiger partial charge in [-0.25, -0.2) is 0 Å². The molecule has 116 valence electrons. The van der Waals surface area contributed by atoms with Gasteiger partial charge in [-0.1, -0.05) is 34.5 Å². The molecule has 1 amide bonds. The van der Waals surface area contributed by atoms with Crippen molar-refractivity contribution in [2.24, 2.45) is 11.7 Å². The lowest BCUT2D eigenvalue weighted by atomic mass is 9.85. The number of hydrogen-bond acceptors (Lipinski definition) is 2. The van der Waals surface area contributed by atoms with Gasteiger partial charge >= 0.3 is 0 Å². The van der Waals surface area contributed by atoms with Crippen LogP contribution in [0, 0.1) is 5.92 Å². The molecule has 3 atom stereocenters. The van der Waals surface area contributed by atoms with Crippen molar-refractivity contribution in [2.45, 2.75) is 50.6 Å². The average molecular weight is 374 g/mol. The van der Waals surface area contributed by atoms with Gasteiger partial charge in [0.25, 0.3) is 0 Å². The van der Waals surface area contributed by atoms with E-state index in [1.54, 1.807) is 0 Å². The largest absolute Gasteiger partial charge is 0.349 e. The Bertz CT molecular complexity index is 523. The lowest BCUT2D eigenvalue weighted by Gasteiger charge is -2.27. The van der Waals surface area contributed by atoms with E-state index in [4.69, 9.17) is 5.73 Å². The van der Waals surface area contributed by atoms with Crippen LogP contribution < -0.4 is 11.1 Å². The highest BCUT2D eigenvalue weighted by atomic mass is 79.9. The number of nitrogens with one attached hydrogen (secondary N) is 1. The van der Waals surface area contributed by atoms with Crippen molar-refractivity contribution >= 4 is 34.2 Å². The van der Waals surface area contributed by atoms with Gasteiger partial charge in [-0.3, -0.25) is 4.79 Å². The zero-order valence-electron chi connectivity index (χ0n) is 12.0. The molecule has 2 aliphatic carbocycles. The van der Waals surface area contributed by atoms with E-state index in [0.29, 0.717) is 0 Å². The van der Waals surface area contributed by atoms with Gasteiger partial charge in [-0.05, 0) is 49.3 Å². The molecule has 0 spiro atoms. The maximum absolute atomic E-state index is 12.4. The first-order valence-electron chi connectivity index (χ1n) is 7.48. The van der Waals surface area contributed by atoms with Crippen molar-refractivity contribution < 1.29 is 4.79 Å². The van der Waals surface area contributed by atoms with E-state index < -0.39 is 0 Å². The van der Waals surface area contributed by atoms with Crippen LogP contribution in [-0.2, 0) is 11.2 Å². The smallest absolute Gasteiger partial charge is 0.223 e. The number of hydrogen-bond donors (Lipinski definition) is 2. The number of amides is 1. The van der Waals surface area contributed by atoms with Gasteiger partial charge in [0.05, 0.1) is 6.04 Å². The second kappa shape index (κ2) is 7.12. The maximum Gasteiger partial charge on any atom is 0.223 e. The fourth-order valence-corrected chi connectivity index (χ4v) is 4.09. The highest BCUT2D eigenvalue weighted by molar-refractivity contribution is 9.10. The molecule has 0 aliphatic heterocycles. The number of fused-ring (bicyclic) bond motifs is 1. The SMILES string of the molecule is Cl.NC1CCCC(C(=O)NC2CCc3c(Br)cccc32)C1. The summed E-state index contributed by atoms with van der Waals surface area (Å²) in [6.45, 7) is 0. The Hall–Kier alpha value is -0.580. The molecule has 0 radical (unpaired) electrons. The lowest BCUT2D eigenvalue weighted by Crippen LogP contribution is -2.38. The maximum atomic E-state index is 12.4. The lowest BCUT2D eigenvalue weighted by molar-refractivity contribution is -0.126. The van der Waals surface area contributed by atoms with Crippen LogP contribution in [0.2, 0.25) is 0 Å². The van der Waals surface area contributed by atoms with E-state index in [9.17, 15) is 4.79 Å². The summed E-state index contributed by atoms with van der Waals surface area (Å²) in [5.41, 5.74) is 8.60. The molecule has 5 heteroatoms. The Labute approximate surface area is 140 Å². The van der Waals surface area contributed by atoms with Gasteiger partial charge in [0.15, 0.2) is 0 Å². The number of rotatable bonds is 2. The molecule has 1 aromatic rings. The number of benzene rings is 1. The molecular formula is C16H22BrClN2O. The first kappa shape index (κ1) is 16.8. The molecule has 3 unspecified atom stereocenters. The molecule has 1 fully saturated rings. The van der Waals surface area contributed by atoms with Gasteiger partial charge in [-0.2, -0.15) is 0 Å². The summed E-state index contributed by atoms with van der Waals surface area (Å²) in [6.07, 6.45) is 5.99. The molecule has 2 aliphatic rings. The zero-order valence-corrected chi connectivity index (χ0v) is 14.4. The Morgan fingerprint density at radius 2 is 2.10 bits per heavy atom. The number of carbonyl (C=O) groups is 1. The van der Waals surface area contributed by atoms with Crippen molar-refractivity contribution in [3.63, 3.8) is 0 Å². The predicted octanol–water partition coefficient (Wildman–Crippen LogP) is 3.49. The van der Waals surface area contributed by atoms with Crippen molar-refractivity contribution in [3.8, 4) is 0 Å². The number of carbonyl (C=O) groups excluding carboxylic acids is 1. The van der Waals surface area contributed by atoms with Crippen LogP contribution in [0.1, 0.15) is 49.3 Å². The van der Waals surface area contributed by atoms with Crippen molar-refractivity contribution in [1.82, 2.24) is 5.32 Å². The molecule has 1 aromatic carbocycles. The first-order chi connectivity index (χ1) is 9.65. The fraction of sp³-hybridized carbons (Fsp3) is 0.562. The Balaban J connectivity index is 0.00000161. The second-order valence-corrected chi connectivity index (χ2v) is 6.89. The first-order valence-corrected chi connectivity index (χ1v) is 8.27. The quantitative estimate of drug-likeness (QED) is 0.833. The summed E-state index contributed by atoms with van der Waals surface area (Å²) in [5, 5.41) is 3.24. The van der Waals surface area contributed by atoms with E-state index in [2.05, 4.69) is 33.4 Å². The van der Waals surface area contributed by atoms with Gasteiger partial charge in [0.2, 0.25) is 5.91 Å². The minimum Gasteiger partial charge on any atom is -0.349 e. The van der Waals surface area contributed by atoms with Crippen LogP contribution in [0.4, 0.5) is 0 Å². The molecule has 0 aromatic heterocycles. The third-order valence-electron chi connectivity index (χ3n) is 4.62. The van der Waals surface area contributed by atoms with Gasteiger partial charge < -0.3 is 11.1 Å². The average Bonchev–Trinajstić information content (AvgIpc) is 2.83. The molecule has 0 bridgehead atoms. The summed E-state index contributed by atoms with van der Waals surface area (Å²) in [4.78, 5) is 12.4. The number of nitrogens with two attached hydrogens (primary N) is 1. The Kier molecular flexibility index (Phi) is 5.69. The van der Waals surface area contributed by atoms with Gasteiger partial charge in [0.1, 0.15) is 0 Å². The molecule has 3 rings (SSSR count). The predicted molar refractivity (Wildman–Crippen MR) is 90.5 cm³/mol. The molecule has 3 nitrogen and oxygen atoms in total. The third-order valence-corrected chi connectivity index (χ3v) is 5.36. The molecule has 3 N–H and O–H groups in total. The van der Waals surface area contributed by atoms with Crippen LogP contribution in [0.15, 0.2) is 22.7 Å². The fourth-order valence-electron chi connectivity index (χ4n) is 3.51. The van der Waals surface area contributed by atoms with Crippen LogP contribution in [0.3, 0.4) is 0 Å².